The Morgan fingerprint density at radius 3 is 2.63 bits per heavy atom. The van der Waals surface area contributed by atoms with Crippen molar-refractivity contribution in [3.63, 3.8) is 0 Å². The fourth-order valence-corrected chi connectivity index (χ4v) is 2.07. The average molecular weight is 265 g/mol. The Balaban J connectivity index is 2.20. The minimum atomic E-state index is -0.967. The summed E-state index contributed by atoms with van der Waals surface area (Å²) >= 11 is 0. The summed E-state index contributed by atoms with van der Waals surface area (Å²) < 4.78 is 9.93. The third kappa shape index (κ3) is 2.85. The van der Waals surface area contributed by atoms with Crippen molar-refractivity contribution in [3.8, 4) is 0 Å². The van der Waals surface area contributed by atoms with Crippen molar-refractivity contribution in [1.29, 1.82) is 0 Å². The van der Waals surface area contributed by atoms with Crippen LogP contribution in [0.3, 0.4) is 0 Å². The maximum absolute atomic E-state index is 11.3. The smallest absolute Gasteiger partial charge is 0.407 e. The molecule has 0 aromatic heterocycles. The molecule has 2 rings (SSSR count). The molecule has 0 aliphatic carbocycles. The first-order valence-electron chi connectivity index (χ1n) is 5.89. The molecule has 1 heterocycles. The topological polar surface area (TPSA) is 76.1 Å². The Labute approximate surface area is 110 Å². The van der Waals surface area contributed by atoms with E-state index in [1.54, 1.807) is 24.3 Å². The van der Waals surface area contributed by atoms with Crippen LogP contribution in [0, 0.1) is 0 Å². The quantitative estimate of drug-likeness (QED) is 0.820. The molecule has 1 aromatic rings. The fourth-order valence-electron chi connectivity index (χ4n) is 2.07. The Kier molecular flexibility index (Phi) is 4.01. The first-order chi connectivity index (χ1) is 9.13. The van der Waals surface area contributed by atoms with Gasteiger partial charge in [0.25, 0.3) is 0 Å². The van der Waals surface area contributed by atoms with Gasteiger partial charge in [-0.15, -0.1) is 0 Å². The molecule has 1 aliphatic heterocycles. The molecule has 19 heavy (non-hydrogen) atoms. The largest absolute Gasteiger partial charge is 0.465 e. The first-order valence-corrected chi connectivity index (χ1v) is 5.89. The zero-order valence-corrected chi connectivity index (χ0v) is 10.5. The molecule has 1 atom stereocenters. The number of carboxylic acid groups (broad SMARTS) is 1. The number of carbonyl (C=O) groups excluding carboxylic acids is 1. The lowest BCUT2D eigenvalue weighted by atomic mass is 10.0. The highest BCUT2D eigenvalue weighted by atomic mass is 16.5. The molecule has 0 saturated carbocycles. The Hall–Kier alpha value is -2.08. The van der Waals surface area contributed by atoms with Crippen LogP contribution in [0.4, 0.5) is 4.79 Å². The van der Waals surface area contributed by atoms with Gasteiger partial charge in [0.2, 0.25) is 0 Å². The minimum Gasteiger partial charge on any atom is -0.465 e. The summed E-state index contributed by atoms with van der Waals surface area (Å²) in [5.41, 5.74) is 1.24. The van der Waals surface area contributed by atoms with Crippen molar-refractivity contribution in [3.05, 3.63) is 35.4 Å². The van der Waals surface area contributed by atoms with Gasteiger partial charge in [0.15, 0.2) is 0 Å². The second-order valence-corrected chi connectivity index (χ2v) is 4.18. The van der Waals surface area contributed by atoms with E-state index in [1.807, 2.05) is 0 Å². The number of amides is 1. The number of ether oxygens (including phenoxy) is 2. The van der Waals surface area contributed by atoms with Gasteiger partial charge in [-0.3, -0.25) is 4.90 Å². The fraction of sp³-hybridized carbons (Fsp3) is 0.385. The Bertz CT molecular complexity index is 470. The maximum atomic E-state index is 11.3. The van der Waals surface area contributed by atoms with Crippen molar-refractivity contribution in [2.75, 3.05) is 26.9 Å². The Morgan fingerprint density at radius 2 is 2.05 bits per heavy atom. The summed E-state index contributed by atoms with van der Waals surface area (Å²) in [7, 11) is 1.32. The van der Waals surface area contributed by atoms with E-state index in [1.165, 1.54) is 12.0 Å². The van der Waals surface area contributed by atoms with E-state index in [2.05, 4.69) is 4.74 Å². The highest BCUT2D eigenvalue weighted by Gasteiger charge is 2.28. The van der Waals surface area contributed by atoms with Crippen LogP contribution < -0.4 is 0 Å². The van der Waals surface area contributed by atoms with Gasteiger partial charge in [-0.2, -0.15) is 0 Å². The van der Waals surface area contributed by atoms with E-state index >= 15 is 0 Å². The highest BCUT2D eigenvalue weighted by Crippen LogP contribution is 2.24. The SMILES string of the molecule is COC(=O)c1ccc([C@@H]2COCCN2C(=O)O)cc1. The Morgan fingerprint density at radius 1 is 1.37 bits per heavy atom. The van der Waals surface area contributed by atoms with Crippen LogP contribution >= 0.6 is 0 Å². The second-order valence-electron chi connectivity index (χ2n) is 4.18. The maximum Gasteiger partial charge on any atom is 0.407 e. The number of hydrogen-bond donors (Lipinski definition) is 1. The number of nitrogens with zero attached hydrogens (tertiary/aromatic N) is 1. The van der Waals surface area contributed by atoms with E-state index in [9.17, 15) is 9.59 Å². The normalized spacial score (nSPS) is 19.0. The molecule has 102 valence electrons. The monoisotopic (exact) mass is 265 g/mol. The lowest BCUT2D eigenvalue weighted by Crippen LogP contribution is -2.42. The molecule has 1 saturated heterocycles. The predicted octanol–water partition coefficient (Wildman–Crippen LogP) is 1.52. The van der Waals surface area contributed by atoms with Crippen LogP contribution in [0.25, 0.3) is 0 Å². The third-order valence-electron chi connectivity index (χ3n) is 3.09. The molecule has 6 nitrogen and oxygen atoms in total. The number of rotatable bonds is 2. The summed E-state index contributed by atoms with van der Waals surface area (Å²) in [6, 6.07) is 6.35. The molecule has 0 bridgehead atoms. The van der Waals surface area contributed by atoms with Crippen LogP contribution in [0.1, 0.15) is 22.0 Å². The van der Waals surface area contributed by atoms with Crippen molar-refractivity contribution in [1.82, 2.24) is 4.90 Å². The molecular formula is C13H15NO5. The zero-order valence-electron chi connectivity index (χ0n) is 10.5. The van der Waals surface area contributed by atoms with Crippen LogP contribution in [0.5, 0.6) is 0 Å². The van der Waals surface area contributed by atoms with E-state index in [4.69, 9.17) is 9.84 Å². The van der Waals surface area contributed by atoms with Crippen molar-refractivity contribution in [2.45, 2.75) is 6.04 Å². The first kappa shape index (κ1) is 13.4. The van der Waals surface area contributed by atoms with Gasteiger partial charge in [0.1, 0.15) is 0 Å². The van der Waals surface area contributed by atoms with E-state index in [0.717, 1.165) is 5.56 Å². The van der Waals surface area contributed by atoms with E-state index in [-0.39, 0.29) is 6.04 Å². The van der Waals surface area contributed by atoms with Crippen molar-refractivity contribution >= 4 is 12.1 Å². The second kappa shape index (κ2) is 5.71. The van der Waals surface area contributed by atoms with Crippen LogP contribution in [-0.2, 0) is 9.47 Å². The third-order valence-corrected chi connectivity index (χ3v) is 3.09. The number of methoxy groups -OCH3 is 1. The summed E-state index contributed by atoms with van der Waals surface area (Å²) in [5, 5.41) is 9.15. The molecule has 1 fully saturated rings. The van der Waals surface area contributed by atoms with E-state index in [0.29, 0.717) is 25.3 Å². The average Bonchev–Trinajstić information content (AvgIpc) is 2.46. The van der Waals surface area contributed by atoms with Crippen molar-refractivity contribution in [2.24, 2.45) is 0 Å². The summed E-state index contributed by atoms with van der Waals surface area (Å²) in [5.74, 6) is -0.415. The molecule has 6 heteroatoms. The molecule has 0 unspecified atom stereocenters. The van der Waals surface area contributed by atoms with Gasteiger partial charge in [-0.05, 0) is 17.7 Å². The molecular weight excluding hydrogens is 250 g/mol. The standard InChI is InChI=1S/C13H15NO5/c1-18-12(15)10-4-2-9(3-5-10)11-8-19-7-6-14(11)13(16)17/h2-5,11H,6-8H2,1H3,(H,16,17)/t11-/m0/s1. The number of esters is 1. The number of morpholine rings is 1. The van der Waals surface area contributed by atoms with Gasteiger partial charge < -0.3 is 14.6 Å². The molecule has 0 radical (unpaired) electrons. The van der Waals surface area contributed by atoms with Crippen LogP contribution in [0.15, 0.2) is 24.3 Å². The van der Waals surface area contributed by atoms with Gasteiger partial charge in [0.05, 0.1) is 31.9 Å². The lowest BCUT2D eigenvalue weighted by molar-refractivity contribution is -0.000909. The molecule has 1 amide bonds. The summed E-state index contributed by atoms with van der Waals surface area (Å²) in [4.78, 5) is 23.8. The van der Waals surface area contributed by atoms with E-state index < -0.39 is 12.1 Å². The van der Waals surface area contributed by atoms with Crippen LogP contribution in [0.2, 0.25) is 0 Å². The van der Waals surface area contributed by atoms with Crippen LogP contribution in [-0.4, -0.2) is 48.9 Å². The number of benzene rings is 1. The van der Waals surface area contributed by atoms with Crippen molar-refractivity contribution < 1.29 is 24.2 Å². The number of carbonyl (C=O) groups is 2. The molecule has 1 aromatic carbocycles. The number of hydrogen-bond acceptors (Lipinski definition) is 4. The van der Waals surface area contributed by atoms with Gasteiger partial charge in [-0.1, -0.05) is 12.1 Å². The predicted molar refractivity (Wildman–Crippen MR) is 66.1 cm³/mol. The summed E-state index contributed by atoms with van der Waals surface area (Å²) in [6.07, 6.45) is -0.967. The highest BCUT2D eigenvalue weighted by molar-refractivity contribution is 5.89. The molecule has 0 spiro atoms. The van der Waals surface area contributed by atoms with Gasteiger partial charge >= 0.3 is 12.1 Å². The lowest BCUT2D eigenvalue weighted by Gasteiger charge is -2.33. The van der Waals surface area contributed by atoms with Gasteiger partial charge in [-0.25, -0.2) is 9.59 Å². The molecule has 1 aliphatic rings. The van der Waals surface area contributed by atoms with Gasteiger partial charge in [0, 0.05) is 6.54 Å². The summed E-state index contributed by atoms with van der Waals surface area (Å²) in [6.45, 7) is 1.08. The zero-order chi connectivity index (χ0) is 13.8. The molecule has 1 N–H and O–H groups in total. The minimum absolute atomic E-state index is 0.323.